The predicted octanol–water partition coefficient (Wildman–Crippen LogP) is 2.17. The topological polar surface area (TPSA) is 41.1 Å². The number of carbonyl (C=O) groups is 1. The molecule has 1 aliphatic carbocycles. The Morgan fingerprint density at radius 1 is 1.24 bits per heavy atom. The molecule has 2 N–H and O–H groups in total. The van der Waals surface area contributed by atoms with Crippen molar-refractivity contribution in [3.05, 3.63) is 0 Å². The summed E-state index contributed by atoms with van der Waals surface area (Å²) in [4.78, 5) is 11.6. The molecule has 4 unspecified atom stereocenters. The summed E-state index contributed by atoms with van der Waals surface area (Å²) in [5.74, 6) is 2.26. The maximum Gasteiger partial charge on any atom is 0.236 e. The molecule has 100 valence electrons. The van der Waals surface area contributed by atoms with Crippen molar-refractivity contribution in [3.8, 4) is 0 Å². The largest absolute Gasteiger partial charge is 0.358 e. The number of rotatable bonds is 4. The molecule has 0 aromatic heterocycles. The van der Waals surface area contributed by atoms with Gasteiger partial charge in [-0.15, -0.1) is 0 Å². The first-order valence-corrected chi connectivity index (χ1v) is 6.93. The third-order valence-corrected chi connectivity index (χ3v) is 4.13. The molecule has 0 spiro atoms. The highest BCUT2D eigenvalue weighted by Crippen LogP contribution is 2.33. The third-order valence-electron chi connectivity index (χ3n) is 4.13. The molecule has 0 bridgehead atoms. The number of hydrogen-bond acceptors (Lipinski definition) is 2. The molecular formula is C14H28N2O. The number of likely N-dealkylation sites (N-methyl/N-ethyl adjacent to an activating group) is 1. The standard InChI is InChI=1S/C14H28N2O/c1-9(2)12-7-6-10(3)8-13(12)16-11(4)14(17)15-5/h9-13,16H,6-8H2,1-5H3,(H,15,17). The number of hydrogen-bond donors (Lipinski definition) is 2. The van der Waals surface area contributed by atoms with E-state index < -0.39 is 0 Å². The number of carbonyl (C=O) groups excluding carboxylic acids is 1. The lowest BCUT2D eigenvalue weighted by Gasteiger charge is -2.39. The molecule has 0 heterocycles. The van der Waals surface area contributed by atoms with Crippen LogP contribution < -0.4 is 10.6 Å². The van der Waals surface area contributed by atoms with Gasteiger partial charge < -0.3 is 10.6 Å². The van der Waals surface area contributed by atoms with E-state index in [1.807, 2.05) is 6.92 Å². The second-order valence-corrected chi connectivity index (χ2v) is 5.94. The smallest absolute Gasteiger partial charge is 0.236 e. The molecule has 4 atom stereocenters. The molecule has 0 radical (unpaired) electrons. The summed E-state index contributed by atoms with van der Waals surface area (Å²) in [5.41, 5.74) is 0. The summed E-state index contributed by atoms with van der Waals surface area (Å²) < 4.78 is 0. The van der Waals surface area contributed by atoms with Gasteiger partial charge in [0.25, 0.3) is 0 Å². The van der Waals surface area contributed by atoms with Crippen LogP contribution in [0.1, 0.15) is 47.0 Å². The summed E-state index contributed by atoms with van der Waals surface area (Å²) in [5, 5.41) is 6.23. The van der Waals surface area contributed by atoms with E-state index in [-0.39, 0.29) is 11.9 Å². The van der Waals surface area contributed by atoms with E-state index in [1.54, 1.807) is 7.05 Å². The second kappa shape index (κ2) is 6.39. The van der Waals surface area contributed by atoms with Gasteiger partial charge in [0.05, 0.1) is 6.04 Å². The summed E-state index contributed by atoms with van der Waals surface area (Å²) in [6.45, 7) is 8.85. The van der Waals surface area contributed by atoms with Gasteiger partial charge in [0, 0.05) is 13.1 Å². The first-order chi connectivity index (χ1) is 7.95. The Balaban J connectivity index is 2.60. The fraction of sp³-hybridized carbons (Fsp3) is 0.929. The molecular weight excluding hydrogens is 212 g/mol. The summed E-state index contributed by atoms with van der Waals surface area (Å²) in [6, 6.07) is 0.405. The van der Waals surface area contributed by atoms with Crippen LogP contribution in [0, 0.1) is 17.8 Å². The minimum Gasteiger partial charge on any atom is -0.358 e. The Bertz CT molecular complexity index is 253. The van der Waals surface area contributed by atoms with E-state index >= 15 is 0 Å². The SMILES string of the molecule is CNC(=O)C(C)NC1CC(C)CCC1C(C)C. The van der Waals surface area contributed by atoms with Crippen molar-refractivity contribution in [1.82, 2.24) is 10.6 Å². The maximum atomic E-state index is 11.6. The number of nitrogens with one attached hydrogen (secondary N) is 2. The fourth-order valence-corrected chi connectivity index (χ4v) is 3.01. The second-order valence-electron chi connectivity index (χ2n) is 5.94. The lowest BCUT2D eigenvalue weighted by Crippen LogP contribution is -2.51. The van der Waals surface area contributed by atoms with Gasteiger partial charge >= 0.3 is 0 Å². The van der Waals surface area contributed by atoms with Crippen molar-refractivity contribution in [2.24, 2.45) is 17.8 Å². The van der Waals surface area contributed by atoms with E-state index in [0.29, 0.717) is 17.9 Å². The van der Waals surface area contributed by atoms with Gasteiger partial charge in [0.15, 0.2) is 0 Å². The van der Waals surface area contributed by atoms with Crippen LogP contribution >= 0.6 is 0 Å². The van der Waals surface area contributed by atoms with Crippen molar-refractivity contribution < 1.29 is 4.79 Å². The average Bonchev–Trinajstić information content (AvgIpc) is 2.27. The average molecular weight is 240 g/mol. The molecule has 1 aliphatic rings. The van der Waals surface area contributed by atoms with E-state index in [4.69, 9.17) is 0 Å². The summed E-state index contributed by atoms with van der Waals surface area (Å²) in [6.07, 6.45) is 3.82. The Hall–Kier alpha value is -0.570. The molecule has 1 saturated carbocycles. The van der Waals surface area contributed by atoms with Crippen LogP contribution in [0.4, 0.5) is 0 Å². The molecule has 1 rings (SSSR count). The van der Waals surface area contributed by atoms with E-state index in [1.165, 1.54) is 19.3 Å². The molecule has 17 heavy (non-hydrogen) atoms. The first kappa shape index (κ1) is 14.5. The summed E-state index contributed by atoms with van der Waals surface area (Å²) in [7, 11) is 1.70. The van der Waals surface area contributed by atoms with Crippen molar-refractivity contribution in [1.29, 1.82) is 0 Å². The lowest BCUT2D eigenvalue weighted by molar-refractivity contribution is -0.122. The van der Waals surface area contributed by atoms with Crippen LogP contribution in [0.15, 0.2) is 0 Å². The van der Waals surface area contributed by atoms with Crippen LogP contribution in [-0.2, 0) is 4.79 Å². The van der Waals surface area contributed by atoms with E-state index in [2.05, 4.69) is 31.4 Å². The van der Waals surface area contributed by atoms with Gasteiger partial charge in [0.1, 0.15) is 0 Å². The zero-order valence-corrected chi connectivity index (χ0v) is 11.9. The first-order valence-electron chi connectivity index (χ1n) is 6.93. The minimum atomic E-state index is -0.0865. The molecule has 3 heteroatoms. The predicted molar refractivity (Wildman–Crippen MR) is 71.8 cm³/mol. The Labute approximate surface area is 106 Å². The Morgan fingerprint density at radius 3 is 2.41 bits per heavy atom. The van der Waals surface area contributed by atoms with Gasteiger partial charge in [-0.05, 0) is 37.5 Å². The van der Waals surface area contributed by atoms with Crippen LogP contribution in [0.3, 0.4) is 0 Å². The molecule has 0 aromatic carbocycles. The Kier molecular flexibility index (Phi) is 5.44. The molecule has 0 saturated heterocycles. The zero-order valence-electron chi connectivity index (χ0n) is 11.9. The quantitative estimate of drug-likeness (QED) is 0.791. The minimum absolute atomic E-state index is 0.0865. The van der Waals surface area contributed by atoms with Crippen molar-refractivity contribution in [3.63, 3.8) is 0 Å². The van der Waals surface area contributed by atoms with Crippen molar-refractivity contribution >= 4 is 5.91 Å². The molecule has 0 aromatic rings. The van der Waals surface area contributed by atoms with Crippen molar-refractivity contribution in [2.45, 2.75) is 59.0 Å². The van der Waals surface area contributed by atoms with Crippen LogP contribution in [0.25, 0.3) is 0 Å². The van der Waals surface area contributed by atoms with Gasteiger partial charge in [0.2, 0.25) is 5.91 Å². The van der Waals surface area contributed by atoms with E-state index in [9.17, 15) is 4.79 Å². The van der Waals surface area contributed by atoms with Gasteiger partial charge in [-0.2, -0.15) is 0 Å². The molecule has 1 fully saturated rings. The fourth-order valence-electron chi connectivity index (χ4n) is 3.01. The van der Waals surface area contributed by atoms with Crippen LogP contribution in [0.2, 0.25) is 0 Å². The summed E-state index contributed by atoms with van der Waals surface area (Å²) >= 11 is 0. The van der Waals surface area contributed by atoms with Gasteiger partial charge in [-0.25, -0.2) is 0 Å². The highest BCUT2D eigenvalue weighted by molar-refractivity contribution is 5.80. The molecule has 0 aliphatic heterocycles. The highest BCUT2D eigenvalue weighted by atomic mass is 16.2. The monoisotopic (exact) mass is 240 g/mol. The molecule has 1 amide bonds. The van der Waals surface area contributed by atoms with Crippen LogP contribution in [-0.4, -0.2) is 25.0 Å². The number of amides is 1. The van der Waals surface area contributed by atoms with Crippen molar-refractivity contribution in [2.75, 3.05) is 7.05 Å². The third kappa shape index (κ3) is 3.98. The Morgan fingerprint density at radius 2 is 1.88 bits per heavy atom. The van der Waals surface area contributed by atoms with Crippen LogP contribution in [0.5, 0.6) is 0 Å². The molecule has 3 nitrogen and oxygen atoms in total. The van der Waals surface area contributed by atoms with Gasteiger partial charge in [-0.1, -0.05) is 27.2 Å². The maximum absolute atomic E-state index is 11.6. The normalized spacial score (nSPS) is 31.3. The van der Waals surface area contributed by atoms with Gasteiger partial charge in [-0.3, -0.25) is 4.79 Å². The van der Waals surface area contributed by atoms with E-state index in [0.717, 1.165) is 5.92 Å². The highest BCUT2D eigenvalue weighted by Gasteiger charge is 2.32. The zero-order chi connectivity index (χ0) is 13.0. The lowest BCUT2D eigenvalue weighted by atomic mass is 9.74.